The van der Waals surface area contributed by atoms with Crippen molar-refractivity contribution in [2.24, 2.45) is 5.41 Å². The molecule has 0 amide bonds. The molecule has 1 spiro atoms. The third-order valence-corrected chi connectivity index (χ3v) is 9.34. The second-order valence-corrected chi connectivity index (χ2v) is 12.1. The molecular weight excluding hydrogens is 521 g/mol. The normalized spacial score (nSPS) is 28.7. The van der Waals surface area contributed by atoms with Crippen LogP contribution in [-0.4, -0.2) is 97.9 Å². The van der Waals surface area contributed by atoms with E-state index in [9.17, 15) is 13.2 Å². The highest BCUT2D eigenvalue weighted by Gasteiger charge is 2.51. The molecule has 1 aromatic heterocycles. The molecule has 0 radical (unpaired) electrons. The Morgan fingerprint density at radius 1 is 1.12 bits per heavy atom. The van der Waals surface area contributed by atoms with E-state index in [1.54, 1.807) is 31.4 Å². The first-order valence-electron chi connectivity index (χ1n) is 14.4. The highest BCUT2D eigenvalue weighted by molar-refractivity contribution is 5.92. The molecular formula is C30H39F3N4O3. The second kappa shape index (κ2) is 11.2. The predicted molar refractivity (Wildman–Crippen MR) is 147 cm³/mol. The Kier molecular flexibility index (Phi) is 7.79. The van der Waals surface area contributed by atoms with Gasteiger partial charge < -0.3 is 24.5 Å². The van der Waals surface area contributed by atoms with Gasteiger partial charge in [0.1, 0.15) is 6.54 Å². The highest BCUT2D eigenvalue weighted by atomic mass is 19.4. The van der Waals surface area contributed by atoms with Gasteiger partial charge in [-0.05, 0) is 56.2 Å². The van der Waals surface area contributed by atoms with Gasteiger partial charge in [0.05, 0.1) is 43.7 Å². The molecule has 4 heterocycles. The number of alkyl halides is 3. The maximum atomic E-state index is 13.5. The quantitative estimate of drug-likeness (QED) is 0.428. The molecule has 6 rings (SSSR count). The van der Waals surface area contributed by atoms with Crippen LogP contribution >= 0.6 is 0 Å². The van der Waals surface area contributed by atoms with Crippen molar-refractivity contribution >= 4 is 16.6 Å². The van der Waals surface area contributed by atoms with Gasteiger partial charge in [-0.2, -0.15) is 13.2 Å². The molecule has 1 saturated carbocycles. The number of likely N-dealkylation sites (tertiary alicyclic amines) is 1. The molecule has 2 N–H and O–H groups in total. The number of fused-ring (bicyclic) bond motifs is 1. The van der Waals surface area contributed by atoms with Crippen molar-refractivity contribution in [3.05, 3.63) is 30.0 Å². The van der Waals surface area contributed by atoms with Crippen molar-refractivity contribution < 1.29 is 27.4 Å². The lowest BCUT2D eigenvalue weighted by atomic mass is 9.75. The number of aromatic nitrogens is 1. The number of nitrogens with two attached hydrogens (primary N) is 1. The van der Waals surface area contributed by atoms with Crippen LogP contribution in [0.1, 0.15) is 37.8 Å². The summed E-state index contributed by atoms with van der Waals surface area (Å²) < 4.78 is 58.6. The molecule has 40 heavy (non-hydrogen) atoms. The van der Waals surface area contributed by atoms with E-state index in [1.165, 1.54) is 4.57 Å². The summed E-state index contributed by atoms with van der Waals surface area (Å²) in [4.78, 5) is 5.07. The van der Waals surface area contributed by atoms with Gasteiger partial charge in [0.2, 0.25) is 0 Å². The Hall–Kier alpha value is -2.29. The van der Waals surface area contributed by atoms with Crippen LogP contribution in [0.25, 0.3) is 10.9 Å². The minimum atomic E-state index is -4.37. The Labute approximate surface area is 233 Å². The van der Waals surface area contributed by atoms with Crippen LogP contribution in [0.4, 0.5) is 18.9 Å². The molecule has 10 heteroatoms. The predicted octanol–water partition coefficient (Wildman–Crippen LogP) is 3.89. The van der Waals surface area contributed by atoms with E-state index in [0.29, 0.717) is 59.5 Å². The number of hydrogen-bond donors (Lipinski definition) is 1. The fraction of sp³-hybridized carbons (Fsp3) is 0.667. The lowest BCUT2D eigenvalue weighted by Gasteiger charge is -2.58. The van der Waals surface area contributed by atoms with Crippen molar-refractivity contribution in [2.75, 3.05) is 58.9 Å². The molecule has 3 saturated heterocycles. The smallest absolute Gasteiger partial charge is 0.398 e. The number of hydrogen-bond acceptors (Lipinski definition) is 6. The number of halogens is 3. The van der Waals surface area contributed by atoms with Gasteiger partial charge in [-0.3, -0.25) is 9.80 Å². The molecule has 0 bridgehead atoms. The Balaban J connectivity index is 1.20. The maximum absolute atomic E-state index is 13.5. The molecule has 4 fully saturated rings. The molecule has 4 aliphatic rings. The zero-order valence-corrected chi connectivity index (χ0v) is 23.1. The number of anilines is 1. The van der Waals surface area contributed by atoms with Crippen LogP contribution in [0.15, 0.2) is 24.3 Å². The third kappa shape index (κ3) is 5.59. The first-order chi connectivity index (χ1) is 19.3. The monoisotopic (exact) mass is 560 g/mol. The van der Waals surface area contributed by atoms with E-state index in [2.05, 4.69) is 21.6 Å². The first-order valence-corrected chi connectivity index (χ1v) is 14.4. The van der Waals surface area contributed by atoms with Crippen LogP contribution in [0.3, 0.4) is 0 Å². The second-order valence-electron chi connectivity index (χ2n) is 12.1. The molecule has 2 aromatic rings. The van der Waals surface area contributed by atoms with Crippen molar-refractivity contribution in [1.82, 2.24) is 14.4 Å². The summed E-state index contributed by atoms with van der Waals surface area (Å²) >= 11 is 0. The van der Waals surface area contributed by atoms with E-state index < -0.39 is 12.7 Å². The SMILES string of the molecule is CO[C@@H]1COCC[C@H]1N(CC#Cc1cc2c(N)cccc2n1CC(F)(F)F)C1CCC(N2CC3(COC3)C2)CC1. The number of nitrogen functional groups attached to an aromatic ring is 1. The van der Waals surface area contributed by atoms with Crippen LogP contribution in [-0.2, 0) is 20.8 Å². The van der Waals surface area contributed by atoms with E-state index in [4.69, 9.17) is 19.9 Å². The average Bonchev–Trinajstić information content (AvgIpc) is 3.22. The molecule has 1 aromatic carbocycles. The minimum Gasteiger partial charge on any atom is -0.398 e. The lowest BCUT2D eigenvalue weighted by Crippen LogP contribution is -2.68. The number of nitrogens with zero attached hydrogens (tertiary/aromatic N) is 3. The standard InChI is InChI=1S/C30H39F3N4O3/c1-38-28-15-39-13-11-27(28)36(22-9-7-21(8-10-22)35-16-29(17-35)19-40-20-29)12-3-4-23-14-24-25(34)5-2-6-26(24)37(23)18-30(31,32)33/h2,5-6,14,21-22,27-28H,7-13,15-20,34H2,1H3/t21?,22?,27-,28-/m1/s1. The van der Waals surface area contributed by atoms with Crippen LogP contribution in [0, 0.1) is 17.3 Å². The molecule has 7 nitrogen and oxygen atoms in total. The Bertz CT molecular complexity index is 1250. The number of benzene rings is 1. The number of rotatable bonds is 6. The topological polar surface area (TPSA) is 65.1 Å². The summed E-state index contributed by atoms with van der Waals surface area (Å²) in [6.45, 7) is 4.68. The van der Waals surface area contributed by atoms with Crippen molar-refractivity contribution in [3.8, 4) is 11.8 Å². The molecule has 1 aliphatic carbocycles. The molecule has 2 atom stereocenters. The van der Waals surface area contributed by atoms with Gasteiger partial charge in [-0.15, -0.1) is 0 Å². The summed E-state index contributed by atoms with van der Waals surface area (Å²) in [5.74, 6) is 6.34. The maximum Gasteiger partial charge on any atom is 0.406 e. The minimum absolute atomic E-state index is 0.0568. The van der Waals surface area contributed by atoms with Gasteiger partial charge in [0.25, 0.3) is 0 Å². The largest absolute Gasteiger partial charge is 0.406 e. The van der Waals surface area contributed by atoms with Gasteiger partial charge >= 0.3 is 6.18 Å². The summed E-state index contributed by atoms with van der Waals surface area (Å²) in [6.07, 6.45) is 0.860. The zero-order valence-electron chi connectivity index (χ0n) is 23.1. The van der Waals surface area contributed by atoms with E-state index in [0.717, 1.165) is 58.4 Å². The van der Waals surface area contributed by atoms with E-state index in [1.807, 2.05) is 0 Å². The van der Waals surface area contributed by atoms with Gasteiger partial charge in [-0.25, -0.2) is 0 Å². The molecule has 0 unspecified atom stereocenters. The summed E-state index contributed by atoms with van der Waals surface area (Å²) in [5.41, 5.74) is 7.74. The van der Waals surface area contributed by atoms with Crippen molar-refractivity contribution in [3.63, 3.8) is 0 Å². The number of ether oxygens (including phenoxy) is 3. The average molecular weight is 561 g/mol. The Morgan fingerprint density at radius 2 is 1.90 bits per heavy atom. The summed E-state index contributed by atoms with van der Waals surface area (Å²) in [5, 5.41) is 0.594. The lowest BCUT2D eigenvalue weighted by molar-refractivity contribution is -0.201. The summed E-state index contributed by atoms with van der Waals surface area (Å²) in [6, 6.07) is 7.85. The third-order valence-electron chi connectivity index (χ3n) is 9.34. The molecule has 218 valence electrons. The van der Waals surface area contributed by atoms with Crippen molar-refractivity contribution in [1.29, 1.82) is 0 Å². The summed E-state index contributed by atoms with van der Waals surface area (Å²) in [7, 11) is 1.72. The van der Waals surface area contributed by atoms with Crippen LogP contribution < -0.4 is 5.73 Å². The highest BCUT2D eigenvalue weighted by Crippen LogP contribution is 2.41. The van der Waals surface area contributed by atoms with Crippen molar-refractivity contribution in [2.45, 2.75) is 69.1 Å². The number of methoxy groups -OCH3 is 1. The molecule has 3 aliphatic heterocycles. The fourth-order valence-corrected chi connectivity index (χ4v) is 7.21. The first kappa shape index (κ1) is 27.9. The van der Waals surface area contributed by atoms with Gasteiger partial charge in [0.15, 0.2) is 0 Å². The Morgan fingerprint density at radius 3 is 2.58 bits per heavy atom. The van der Waals surface area contributed by atoms with Gasteiger partial charge in [-0.1, -0.05) is 12.0 Å². The van der Waals surface area contributed by atoms with Crippen LogP contribution in [0.2, 0.25) is 0 Å². The zero-order chi connectivity index (χ0) is 27.9. The van der Waals surface area contributed by atoms with Crippen LogP contribution in [0.5, 0.6) is 0 Å². The van der Waals surface area contributed by atoms with Gasteiger partial charge in [0, 0.05) is 61.4 Å². The fourth-order valence-electron chi connectivity index (χ4n) is 7.21. The van der Waals surface area contributed by atoms with E-state index >= 15 is 0 Å². The van der Waals surface area contributed by atoms with E-state index in [-0.39, 0.29) is 12.1 Å².